The summed E-state index contributed by atoms with van der Waals surface area (Å²) < 4.78 is 80.5. The van der Waals surface area contributed by atoms with Crippen molar-refractivity contribution in [3.63, 3.8) is 0 Å². The highest BCUT2D eigenvalue weighted by molar-refractivity contribution is 7.87. The van der Waals surface area contributed by atoms with Gasteiger partial charge in [0.1, 0.15) is 17.6 Å². The van der Waals surface area contributed by atoms with Gasteiger partial charge in [-0.25, -0.2) is 4.39 Å². The predicted molar refractivity (Wildman–Crippen MR) is 124 cm³/mol. The van der Waals surface area contributed by atoms with Crippen LogP contribution in [0.25, 0.3) is 10.4 Å². The van der Waals surface area contributed by atoms with Crippen LogP contribution in [0, 0.1) is 5.82 Å². The van der Waals surface area contributed by atoms with E-state index in [9.17, 15) is 30.8 Å². The van der Waals surface area contributed by atoms with E-state index in [1.165, 1.54) is 36.6 Å². The Hall–Kier alpha value is -2.58. The number of hydrogen-bond donors (Lipinski definition) is 2. The summed E-state index contributed by atoms with van der Waals surface area (Å²) in [6.45, 7) is 0. The number of pyridine rings is 1. The zero-order valence-corrected chi connectivity index (χ0v) is 20.2. The normalized spacial score (nSPS) is 20.5. The number of nitrogens with zero attached hydrogens (tertiary/aromatic N) is 2. The fourth-order valence-electron chi connectivity index (χ4n) is 3.50. The van der Waals surface area contributed by atoms with Gasteiger partial charge in [0.05, 0.1) is 11.1 Å². The zero-order chi connectivity index (χ0) is 25.5. The van der Waals surface area contributed by atoms with Gasteiger partial charge < -0.3 is 5.32 Å². The van der Waals surface area contributed by atoms with Crippen LogP contribution in [0.5, 0.6) is 0 Å². The molecule has 14 heteroatoms. The van der Waals surface area contributed by atoms with Crippen LogP contribution >= 0.6 is 22.9 Å². The quantitative estimate of drug-likeness (QED) is 0.457. The van der Waals surface area contributed by atoms with Crippen molar-refractivity contribution in [2.45, 2.75) is 24.7 Å². The van der Waals surface area contributed by atoms with E-state index in [0.29, 0.717) is 15.3 Å². The summed E-state index contributed by atoms with van der Waals surface area (Å²) in [4.78, 5) is 17.5. The minimum atomic E-state index is -4.56. The molecule has 1 aliphatic heterocycles. The van der Waals surface area contributed by atoms with Gasteiger partial charge in [0.2, 0.25) is 5.91 Å². The molecule has 0 aliphatic carbocycles. The first kappa shape index (κ1) is 25.5. The van der Waals surface area contributed by atoms with Crippen molar-refractivity contribution in [1.82, 2.24) is 14.0 Å². The molecule has 2 N–H and O–H groups in total. The number of likely N-dealkylation sites (N-methyl/N-ethyl adjacent to an activating group) is 1. The molecule has 1 aromatic carbocycles. The van der Waals surface area contributed by atoms with Gasteiger partial charge in [0, 0.05) is 34.2 Å². The number of thiophene rings is 1. The fourth-order valence-corrected chi connectivity index (χ4v) is 6.08. The first-order valence-electron chi connectivity index (χ1n) is 10.00. The number of halogens is 5. The van der Waals surface area contributed by atoms with E-state index in [1.807, 2.05) is 0 Å². The van der Waals surface area contributed by atoms with Gasteiger partial charge in [-0.3, -0.25) is 9.78 Å². The lowest BCUT2D eigenvalue weighted by Gasteiger charge is -2.35. The van der Waals surface area contributed by atoms with Crippen LogP contribution in [0.1, 0.15) is 23.0 Å². The summed E-state index contributed by atoms with van der Waals surface area (Å²) in [5.41, 5.74) is -0.375. The van der Waals surface area contributed by atoms with Gasteiger partial charge in [-0.15, -0.1) is 11.3 Å². The van der Waals surface area contributed by atoms with Crippen molar-refractivity contribution in [3.8, 4) is 10.4 Å². The number of alkyl halides is 3. The van der Waals surface area contributed by atoms with Gasteiger partial charge >= 0.3 is 6.18 Å². The molecule has 1 saturated heterocycles. The molecule has 0 bridgehead atoms. The number of rotatable bonds is 4. The largest absolute Gasteiger partial charge is 0.433 e. The lowest BCUT2D eigenvalue weighted by molar-refractivity contribution is -0.141. The molecule has 2 atom stereocenters. The third kappa shape index (κ3) is 5.48. The maximum absolute atomic E-state index is 13.4. The van der Waals surface area contributed by atoms with Crippen LogP contribution in [0.3, 0.4) is 0 Å². The van der Waals surface area contributed by atoms with Gasteiger partial charge in [-0.1, -0.05) is 11.6 Å². The molecule has 1 amide bonds. The zero-order valence-electron chi connectivity index (χ0n) is 17.8. The van der Waals surface area contributed by atoms with Crippen LogP contribution in [0.2, 0.25) is 5.02 Å². The summed E-state index contributed by atoms with van der Waals surface area (Å²) in [6, 6.07) is 7.19. The number of aromatic nitrogens is 1. The maximum atomic E-state index is 13.4. The predicted octanol–water partition coefficient (Wildman–Crippen LogP) is 4.84. The van der Waals surface area contributed by atoms with Crippen molar-refractivity contribution >= 4 is 44.7 Å². The number of benzene rings is 1. The molecule has 35 heavy (non-hydrogen) atoms. The van der Waals surface area contributed by atoms with Crippen LogP contribution in [-0.4, -0.2) is 36.7 Å². The highest BCUT2D eigenvalue weighted by Gasteiger charge is 2.41. The molecule has 2 unspecified atom stereocenters. The number of anilines is 1. The molecular weight excluding hydrogens is 532 g/mol. The van der Waals surface area contributed by atoms with E-state index in [4.69, 9.17) is 11.6 Å². The van der Waals surface area contributed by atoms with Crippen LogP contribution in [0.4, 0.5) is 23.2 Å². The number of carbonyl (C=O) groups excluding carboxylic acids is 1. The minimum Gasteiger partial charge on any atom is -0.325 e. The van der Waals surface area contributed by atoms with Gasteiger partial charge in [-0.2, -0.15) is 30.6 Å². The Morgan fingerprint density at radius 1 is 1.23 bits per heavy atom. The fraction of sp³-hybridized carbons (Fsp3) is 0.238. The second kappa shape index (κ2) is 9.47. The molecule has 7 nitrogen and oxygen atoms in total. The molecule has 0 spiro atoms. The van der Waals surface area contributed by atoms with E-state index in [1.54, 1.807) is 12.1 Å². The number of carbonyl (C=O) groups is 1. The first-order chi connectivity index (χ1) is 16.3. The Morgan fingerprint density at radius 2 is 1.97 bits per heavy atom. The maximum Gasteiger partial charge on any atom is 0.433 e. The third-order valence-corrected chi connectivity index (χ3v) is 8.50. The lowest BCUT2D eigenvalue weighted by Crippen LogP contribution is -2.55. The van der Waals surface area contributed by atoms with Gasteiger partial charge in [0.15, 0.2) is 0 Å². The Kier molecular flexibility index (Phi) is 6.90. The van der Waals surface area contributed by atoms with E-state index in [0.717, 1.165) is 22.6 Å². The Morgan fingerprint density at radius 3 is 2.60 bits per heavy atom. The summed E-state index contributed by atoms with van der Waals surface area (Å²) in [7, 11) is -2.77. The highest BCUT2D eigenvalue weighted by atomic mass is 35.5. The van der Waals surface area contributed by atoms with E-state index in [-0.39, 0.29) is 17.1 Å². The average molecular weight is 549 g/mol. The molecule has 1 aliphatic rings. The highest BCUT2D eigenvalue weighted by Crippen LogP contribution is 2.37. The summed E-state index contributed by atoms with van der Waals surface area (Å²) in [6.07, 6.45) is -3.39. The Balaban J connectivity index is 1.55. The number of amides is 1. The monoisotopic (exact) mass is 548 g/mol. The summed E-state index contributed by atoms with van der Waals surface area (Å²) >= 11 is 6.91. The average Bonchev–Trinajstić information content (AvgIpc) is 3.28. The second-order valence-corrected chi connectivity index (χ2v) is 11.0. The molecule has 0 saturated carbocycles. The molecule has 3 aromatic rings. The SMILES string of the molecule is CN1C(C(=O)Nc2ccc(F)c(Cl)c2)CC(c2ccc(-c3ccc(C(F)(F)F)nc3)s2)NS1(=O)=O. The lowest BCUT2D eigenvalue weighted by atomic mass is 10.1. The molecule has 4 rings (SSSR count). The molecule has 2 aromatic heterocycles. The van der Waals surface area contributed by atoms with E-state index >= 15 is 0 Å². The number of nitrogens with one attached hydrogen (secondary N) is 2. The van der Waals surface area contributed by atoms with Crippen LogP contribution in [0.15, 0.2) is 48.7 Å². The van der Waals surface area contributed by atoms with Crippen molar-refractivity contribution < 1.29 is 30.8 Å². The second-order valence-electron chi connectivity index (χ2n) is 7.69. The summed E-state index contributed by atoms with van der Waals surface area (Å²) in [5.74, 6) is -1.29. The van der Waals surface area contributed by atoms with Crippen LogP contribution in [-0.2, 0) is 21.2 Å². The van der Waals surface area contributed by atoms with Crippen molar-refractivity contribution in [3.05, 3.63) is 70.1 Å². The molecule has 1 fully saturated rings. The van der Waals surface area contributed by atoms with E-state index in [2.05, 4.69) is 15.0 Å². The van der Waals surface area contributed by atoms with Crippen molar-refractivity contribution in [2.24, 2.45) is 0 Å². The first-order valence-corrected chi connectivity index (χ1v) is 12.6. The standard InChI is InChI=1S/C21H17ClF4N4O3S2/c1-30-16(20(31)28-12-3-4-14(23)13(22)8-12)9-15(29-35(30,32)33)18-6-5-17(34-18)11-2-7-19(27-10-11)21(24,25)26/h2-8,10,15-16,29H,9H2,1H3,(H,28,31). The third-order valence-electron chi connectivity index (χ3n) is 5.37. The van der Waals surface area contributed by atoms with Crippen LogP contribution < -0.4 is 10.0 Å². The molecule has 3 heterocycles. The Labute approximate surface area is 206 Å². The molecule has 186 valence electrons. The molecular formula is C21H17ClF4N4O3S2. The topological polar surface area (TPSA) is 91.4 Å². The Bertz CT molecular complexity index is 1360. The molecule has 0 radical (unpaired) electrons. The van der Waals surface area contributed by atoms with Gasteiger partial charge in [-0.05, 0) is 48.9 Å². The van der Waals surface area contributed by atoms with Crippen molar-refractivity contribution in [1.29, 1.82) is 0 Å². The van der Waals surface area contributed by atoms with E-state index < -0.39 is 45.9 Å². The van der Waals surface area contributed by atoms with Gasteiger partial charge in [0.25, 0.3) is 10.2 Å². The smallest absolute Gasteiger partial charge is 0.325 e. The van der Waals surface area contributed by atoms with Crippen molar-refractivity contribution in [2.75, 3.05) is 12.4 Å². The number of hydrogen-bond acceptors (Lipinski definition) is 5. The summed E-state index contributed by atoms with van der Waals surface area (Å²) in [5, 5.41) is 2.35. The minimum absolute atomic E-state index is 0.0711.